The van der Waals surface area contributed by atoms with Crippen LogP contribution in [-0.2, 0) is 20.6 Å². The van der Waals surface area contributed by atoms with Gasteiger partial charge < -0.3 is 18.9 Å². The molecule has 0 aliphatic carbocycles. The number of ether oxygens (including phenoxy) is 4. The number of unbranched alkanes of at least 4 members (excludes halogenated alkanes) is 7. The summed E-state index contributed by atoms with van der Waals surface area (Å²) < 4.78 is 22.3. The Labute approximate surface area is 179 Å². The van der Waals surface area contributed by atoms with Gasteiger partial charge in [-0.05, 0) is 37.0 Å². The van der Waals surface area contributed by atoms with Crippen LogP contribution in [0.3, 0.4) is 0 Å². The van der Waals surface area contributed by atoms with Crippen LogP contribution in [0, 0.1) is 0 Å². The van der Waals surface area contributed by atoms with Crippen molar-refractivity contribution < 1.29 is 18.9 Å². The second-order valence-corrected chi connectivity index (χ2v) is 7.55. The van der Waals surface area contributed by atoms with Crippen molar-refractivity contribution in [2.75, 3.05) is 46.2 Å². The molecule has 0 heterocycles. The molecule has 0 spiro atoms. The molecular formula is C25H44O4. The van der Waals surface area contributed by atoms with E-state index < -0.39 is 0 Å². The lowest BCUT2D eigenvalue weighted by atomic mass is 10.0. The van der Waals surface area contributed by atoms with Crippen molar-refractivity contribution in [3.8, 4) is 5.75 Å². The molecule has 0 unspecified atom stereocenters. The third-order valence-electron chi connectivity index (χ3n) is 4.88. The van der Waals surface area contributed by atoms with Gasteiger partial charge in [0.15, 0.2) is 0 Å². The van der Waals surface area contributed by atoms with Crippen LogP contribution >= 0.6 is 0 Å². The fraction of sp³-hybridized carbons (Fsp3) is 0.760. The van der Waals surface area contributed by atoms with E-state index in [1.165, 1.54) is 63.4 Å². The Balaban J connectivity index is 1.89. The summed E-state index contributed by atoms with van der Waals surface area (Å²) in [7, 11) is 0. The maximum Gasteiger partial charge on any atom is 0.119 e. The number of hydrogen-bond acceptors (Lipinski definition) is 4. The van der Waals surface area contributed by atoms with Crippen LogP contribution in [-0.4, -0.2) is 46.2 Å². The molecule has 29 heavy (non-hydrogen) atoms. The minimum absolute atomic E-state index is 0.567. The van der Waals surface area contributed by atoms with Gasteiger partial charge >= 0.3 is 0 Å². The highest BCUT2D eigenvalue weighted by Gasteiger charge is 1.98. The minimum Gasteiger partial charge on any atom is -0.491 e. The minimum atomic E-state index is 0.567. The molecule has 1 aromatic carbocycles. The van der Waals surface area contributed by atoms with Gasteiger partial charge in [0.25, 0.3) is 0 Å². The molecule has 0 aliphatic heterocycles. The smallest absolute Gasteiger partial charge is 0.119 e. The highest BCUT2D eigenvalue weighted by atomic mass is 16.6. The predicted molar refractivity (Wildman–Crippen MR) is 121 cm³/mol. The summed E-state index contributed by atoms with van der Waals surface area (Å²) in [5.41, 5.74) is 1.40. The molecule has 0 N–H and O–H groups in total. The van der Waals surface area contributed by atoms with Crippen LogP contribution in [0.25, 0.3) is 0 Å². The Bertz CT molecular complexity index is 447. The first-order valence-corrected chi connectivity index (χ1v) is 11.8. The van der Waals surface area contributed by atoms with Crippen molar-refractivity contribution in [3.05, 3.63) is 29.8 Å². The monoisotopic (exact) mass is 408 g/mol. The molecule has 4 nitrogen and oxygen atoms in total. The molecule has 0 aromatic heterocycles. The molecule has 0 saturated carbocycles. The van der Waals surface area contributed by atoms with E-state index in [1.54, 1.807) is 0 Å². The summed E-state index contributed by atoms with van der Waals surface area (Å²) in [6, 6.07) is 8.49. The maximum absolute atomic E-state index is 5.74. The van der Waals surface area contributed by atoms with Gasteiger partial charge in [0.2, 0.25) is 0 Å². The molecule has 4 heteroatoms. The molecule has 1 aromatic rings. The Morgan fingerprint density at radius 1 is 0.517 bits per heavy atom. The fourth-order valence-corrected chi connectivity index (χ4v) is 3.08. The van der Waals surface area contributed by atoms with Gasteiger partial charge in [-0.1, -0.05) is 70.9 Å². The molecule has 1 rings (SSSR count). The molecule has 0 amide bonds. The van der Waals surface area contributed by atoms with E-state index in [1.807, 2.05) is 0 Å². The average molecular weight is 409 g/mol. The van der Waals surface area contributed by atoms with Crippen LogP contribution in [0.2, 0.25) is 0 Å². The number of rotatable bonds is 21. The van der Waals surface area contributed by atoms with E-state index in [0.717, 1.165) is 18.8 Å². The SMILES string of the molecule is CCCCCCCCc1ccc(OCCOCCOCCOCCCCC)cc1. The lowest BCUT2D eigenvalue weighted by Crippen LogP contribution is -2.13. The van der Waals surface area contributed by atoms with Crippen LogP contribution in [0.1, 0.15) is 77.2 Å². The summed E-state index contributed by atoms with van der Waals surface area (Å²) in [4.78, 5) is 0. The van der Waals surface area contributed by atoms with Gasteiger partial charge in [0.1, 0.15) is 12.4 Å². The summed E-state index contributed by atoms with van der Waals surface area (Å²) in [5.74, 6) is 0.914. The summed E-state index contributed by atoms with van der Waals surface area (Å²) in [6.45, 7) is 8.94. The van der Waals surface area contributed by atoms with Crippen LogP contribution < -0.4 is 4.74 Å². The van der Waals surface area contributed by atoms with E-state index in [9.17, 15) is 0 Å². The first-order valence-electron chi connectivity index (χ1n) is 11.8. The van der Waals surface area contributed by atoms with Crippen LogP contribution in [0.15, 0.2) is 24.3 Å². The first-order chi connectivity index (χ1) is 14.4. The third kappa shape index (κ3) is 16.4. The lowest BCUT2D eigenvalue weighted by molar-refractivity contribution is 0.00882. The van der Waals surface area contributed by atoms with Gasteiger partial charge in [-0.2, -0.15) is 0 Å². The molecule has 168 valence electrons. The van der Waals surface area contributed by atoms with Crippen molar-refractivity contribution in [2.45, 2.75) is 78.1 Å². The van der Waals surface area contributed by atoms with Crippen LogP contribution in [0.5, 0.6) is 5.75 Å². The Morgan fingerprint density at radius 3 is 1.69 bits per heavy atom. The zero-order valence-corrected chi connectivity index (χ0v) is 19.0. The topological polar surface area (TPSA) is 36.9 Å². The highest BCUT2D eigenvalue weighted by molar-refractivity contribution is 5.27. The molecule has 0 bridgehead atoms. The van der Waals surface area contributed by atoms with Crippen molar-refractivity contribution in [1.82, 2.24) is 0 Å². The zero-order chi connectivity index (χ0) is 20.8. The van der Waals surface area contributed by atoms with Gasteiger partial charge in [-0.15, -0.1) is 0 Å². The fourth-order valence-electron chi connectivity index (χ4n) is 3.08. The Kier molecular flexibility index (Phi) is 18.1. The quantitative estimate of drug-likeness (QED) is 0.227. The summed E-state index contributed by atoms with van der Waals surface area (Å²) >= 11 is 0. The second kappa shape index (κ2) is 20.2. The second-order valence-electron chi connectivity index (χ2n) is 7.55. The number of aryl methyl sites for hydroxylation is 1. The first kappa shape index (κ1) is 25.9. The van der Waals surface area contributed by atoms with Gasteiger partial charge in [0.05, 0.1) is 33.0 Å². The lowest BCUT2D eigenvalue weighted by Gasteiger charge is -2.09. The number of hydrogen-bond donors (Lipinski definition) is 0. The average Bonchev–Trinajstić information content (AvgIpc) is 2.75. The largest absolute Gasteiger partial charge is 0.491 e. The summed E-state index contributed by atoms with van der Waals surface area (Å²) in [5, 5.41) is 0. The molecular weight excluding hydrogens is 364 g/mol. The van der Waals surface area contributed by atoms with Gasteiger partial charge in [-0.25, -0.2) is 0 Å². The van der Waals surface area contributed by atoms with E-state index in [-0.39, 0.29) is 0 Å². The highest BCUT2D eigenvalue weighted by Crippen LogP contribution is 2.15. The van der Waals surface area contributed by atoms with Crippen molar-refractivity contribution in [1.29, 1.82) is 0 Å². The van der Waals surface area contributed by atoms with Gasteiger partial charge in [0, 0.05) is 6.61 Å². The standard InChI is InChI=1S/C25H44O4/c1-3-5-7-8-9-10-12-24-13-15-25(16-14-24)29-23-22-28-21-20-27-19-18-26-17-11-6-4-2/h13-16H,3-12,17-23H2,1-2H3. The van der Waals surface area contributed by atoms with Crippen molar-refractivity contribution in [3.63, 3.8) is 0 Å². The molecule has 0 atom stereocenters. The molecule has 0 fully saturated rings. The van der Waals surface area contributed by atoms with E-state index in [0.29, 0.717) is 39.6 Å². The van der Waals surface area contributed by atoms with E-state index in [2.05, 4.69) is 38.1 Å². The normalized spacial score (nSPS) is 11.1. The molecule has 0 aliphatic rings. The van der Waals surface area contributed by atoms with Crippen LogP contribution in [0.4, 0.5) is 0 Å². The zero-order valence-electron chi connectivity index (χ0n) is 19.0. The number of benzene rings is 1. The molecule has 0 saturated heterocycles. The Morgan fingerprint density at radius 2 is 1.03 bits per heavy atom. The van der Waals surface area contributed by atoms with E-state index in [4.69, 9.17) is 18.9 Å². The maximum atomic E-state index is 5.74. The molecule has 0 radical (unpaired) electrons. The van der Waals surface area contributed by atoms with Crippen molar-refractivity contribution >= 4 is 0 Å². The van der Waals surface area contributed by atoms with Crippen molar-refractivity contribution in [2.24, 2.45) is 0 Å². The third-order valence-corrected chi connectivity index (χ3v) is 4.88. The van der Waals surface area contributed by atoms with Gasteiger partial charge in [-0.3, -0.25) is 0 Å². The summed E-state index contributed by atoms with van der Waals surface area (Å²) in [6.07, 6.45) is 12.8. The van der Waals surface area contributed by atoms with E-state index >= 15 is 0 Å². The predicted octanol–water partition coefficient (Wildman–Crippen LogP) is 6.21. The Hall–Kier alpha value is -1.10.